The molecule has 2 aliphatic rings. The van der Waals surface area contributed by atoms with Crippen molar-refractivity contribution in [3.63, 3.8) is 0 Å². The largest absolute Gasteiger partial charge is 0.492 e. The number of anilines is 1. The van der Waals surface area contributed by atoms with Gasteiger partial charge in [-0.15, -0.1) is 0 Å². The van der Waals surface area contributed by atoms with Crippen LogP contribution in [0.1, 0.15) is 41.3 Å². The summed E-state index contributed by atoms with van der Waals surface area (Å²) in [6, 6.07) is 10.3. The summed E-state index contributed by atoms with van der Waals surface area (Å²) in [4.78, 5) is 12.5. The van der Waals surface area contributed by atoms with Gasteiger partial charge in [0, 0.05) is 19.8 Å². The van der Waals surface area contributed by atoms with Gasteiger partial charge in [-0.2, -0.15) is 0 Å². The fraction of sp³-hybridized carbons (Fsp3) is 0.458. The first kappa shape index (κ1) is 22.6. The lowest BCUT2D eigenvalue weighted by Gasteiger charge is -2.23. The third-order valence-electron chi connectivity index (χ3n) is 6.16. The lowest BCUT2D eigenvalue weighted by Crippen LogP contribution is -2.29. The van der Waals surface area contributed by atoms with Gasteiger partial charge in [-0.1, -0.05) is 19.1 Å². The summed E-state index contributed by atoms with van der Waals surface area (Å²) in [5, 5.41) is 0. The van der Waals surface area contributed by atoms with Crippen LogP contribution in [0, 0.1) is 5.92 Å². The number of methoxy groups -OCH3 is 1. The zero-order chi connectivity index (χ0) is 22.7. The number of rotatable bonds is 7. The molecule has 1 fully saturated rings. The van der Waals surface area contributed by atoms with Crippen LogP contribution >= 0.6 is 0 Å². The van der Waals surface area contributed by atoms with Gasteiger partial charge in [-0.05, 0) is 67.0 Å². The van der Waals surface area contributed by atoms with Gasteiger partial charge in [-0.25, -0.2) is 13.2 Å². The molecule has 0 unspecified atom stereocenters. The van der Waals surface area contributed by atoms with Gasteiger partial charge in [0.15, 0.2) is 0 Å². The molecule has 0 aromatic heterocycles. The molecule has 0 bridgehead atoms. The summed E-state index contributed by atoms with van der Waals surface area (Å²) in [5.41, 5.74) is 3.02. The molecule has 8 heteroatoms. The molecule has 2 heterocycles. The number of carbonyl (C=O) groups is 1. The minimum Gasteiger partial charge on any atom is -0.492 e. The molecule has 4 rings (SSSR count). The van der Waals surface area contributed by atoms with Crippen molar-refractivity contribution in [1.82, 2.24) is 0 Å². The summed E-state index contributed by atoms with van der Waals surface area (Å²) < 4.78 is 44.5. The van der Waals surface area contributed by atoms with Gasteiger partial charge < -0.3 is 14.2 Å². The Kier molecular flexibility index (Phi) is 6.71. The van der Waals surface area contributed by atoms with E-state index < -0.39 is 16.0 Å². The van der Waals surface area contributed by atoms with Crippen molar-refractivity contribution in [2.75, 3.05) is 37.8 Å². The monoisotopic (exact) mass is 459 g/mol. The Labute approximate surface area is 189 Å². The van der Waals surface area contributed by atoms with Crippen molar-refractivity contribution in [3.05, 3.63) is 53.1 Å². The number of hydrogen-bond acceptors (Lipinski definition) is 6. The first-order valence-corrected chi connectivity index (χ1v) is 12.5. The van der Waals surface area contributed by atoms with E-state index in [2.05, 4.69) is 13.0 Å². The van der Waals surface area contributed by atoms with Crippen LogP contribution in [0.3, 0.4) is 0 Å². The highest BCUT2D eigenvalue weighted by molar-refractivity contribution is 7.92. The van der Waals surface area contributed by atoms with E-state index in [1.54, 1.807) is 6.07 Å². The van der Waals surface area contributed by atoms with Crippen molar-refractivity contribution < 1.29 is 27.4 Å². The summed E-state index contributed by atoms with van der Waals surface area (Å²) in [6.45, 7) is 4.29. The van der Waals surface area contributed by atoms with E-state index in [0.29, 0.717) is 50.1 Å². The maximum absolute atomic E-state index is 13.5. The van der Waals surface area contributed by atoms with E-state index in [1.807, 2.05) is 12.1 Å². The summed E-state index contributed by atoms with van der Waals surface area (Å²) in [5.74, 6) is 0.0434. The standard InChI is InChI=1S/C24H29NO6S/c1-3-17-4-6-22-19(14-17)8-11-25(22)32(27,28)20-5-7-23(21(15-20)24(26)29-2)31-16-18-9-12-30-13-10-18/h4-7,14-15,18H,3,8-13,16H2,1-2H3. The van der Waals surface area contributed by atoms with Gasteiger partial charge in [0.05, 0.1) is 24.3 Å². The van der Waals surface area contributed by atoms with Crippen molar-refractivity contribution >= 4 is 21.7 Å². The average molecular weight is 460 g/mol. The van der Waals surface area contributed by atoms with Gasteiger partial charge in [0.2, 0.25) is 0 Å². The average Bonchev–Trinajstić information content (AvgIpc) is 3.26. The molecule has 0 N–H and O–H groups in total. The number of fused-ring (bicyclic) bond motifs is 1. The molecule has 1 saturated heterocycles. The van der Waals surface area contributed by atoms with Crippen molar-refractivity contribution in [3.8, 4) is 5.75 Å². The predicted octanol–water partition coefficient (Wildman–Crippen LogP) is 3.59. The Morgan fingerprint density at radius 2 is 1.94 bits per heavy atom. The minimum absolute atomic E-state index is 0.0451. The van der Waals surface area contributed by atoms with E-state index in [1.165, 1.54) is 29.1 Å². The highest BCUT2D eigenvalue weighted by Crippen LogP contribution is 2.35. The second kappa shape index (κ2) is 9.50. The number of carbonyl (C=O) groups excluding carboxylic acids is 1. The number of benzene rings is 2. The quantitative estimate of drug-likeness (QED) is 0.589. The maximum atomic E-state index is 13.5. The van der Waals surface area contributed by atoms with E-state index in [4.69, 9.17) is 14.2 Å². The second-order valence-electron chi connectivity index (χ2n) is 8.16. The van der Waals surface area contributed by atoms with Crippen LogP contribution in [0.25, 0.3) is 0 Å². The third-order valence-corrected chi connectivity index (χ3v) is 7.97. The number of nitrogens with zero attached hydrogens (tertiary/aromatic N) is 1. The smallest absolute Gasteiger partial charge is 0.341 e. The fourth-order valence-corrected chi connectivity index (χ4v) is 5.74. The van der Waals surface area contributed by atoms with Crippen molar-refractivity contribution in [2.24, 2.45) is 5.92 Å². The number of aryl methyl sites for hydroxylation is 1. The van der Waals surface area contributed by atoms with E-state index >= 15 is 0 Å². The predicted molar refractivity (Wildman–Crippen MR) is 121 cm³/mol. The number of hydrogen-bond donors (Lipinski definition) is 0. The second-order valence-corrected chi connectivity index (χ2v) is 10.0. The molecule has 0 amide bonds. The van der Waals surface area contributed by atoms with Crippen LogP contribution in [0.4, 0.5) is 5.69 Å². The highest BCUT2D eigenvalue weighted by Gasteiger charge is 2.32. The molecule has 0 atom stereocenters. The number of sulfonamides is 1. The molecule has 7 nitrogen and oxygen atoms in total. The molecule has 0 radical (unpaired) electrons. The van der Waals surface area contributed by atoms with E-state index in [0.717, 1.165) is 24.8 Å². The Morgan fingerprint density at radius 1 is 1.16 bits per heavy atom. The third kappa shape index (κ3) is 4.47. The lowest BCUT2D eigenvalue weighted by atomic mass is 10.0. The van der Waals surface area contributed by atoms with Crippen LogP contribution < -0.4 is 9.04 Å². The Balaban J connectivity index is 1.61. The topological polar surface area (TPSA) is 82.1 Å². The van der Waals surface area contributed by atoms with Crippen LogP contribution in [0.15, 0.2) is 41.3 Å². The minimum atomic E-state index is -3.83. The molecule has 0 saturated carbocycles. The van der Waals surface area contributed by atoms with Crippen LogP contribution in [0.2, 0.25) is 0 Å². The Hall–Kier alpha value is -2.58. The molecule has 0 aliphatic carbocycles. The molecular weight excluding hydrogens is 430 g/mol. The molecule has 172 valence electrons. The van der Waals surface area contributed by atoms with Gasteiger partial charge in [-0.3, -0.25) is 4.31 Å². The van der Waals surface area contributed by atoms with Crippen LogP contribution in [0.5, 0.6) is 5.75 Å². The molecular formula is C24H29NO6S. The maximum Gasteiger partial charge on any atom is 0.341 e. The first-order valence-electron chi connectivity index (χ1n) is 11.0. The molecule has 32 heavy (non-hydrogen) atoms. The fourth-order valence-electron chi connectivity index (χ4n) is 4.21. The van der Waals surface area contributed by atoms with Crippen LogP contribution in [-0.4, -0.2) is 47.9 Å². The number of esters is 1. The number of ether oxygens (including phenoxy) is 3. The summed E-state index contributed by atoms with van der Waals surface area (Å²) in [7, 11) is -2.56. The zero-order valence-electron chi connectivity index (χ0n) is 18.5. The van der Waals surface area contributed by atoms with E-state index in [-0.39, 0.29) is 10.5 Å². The van der Waals surface area contributed by atoms with Crippen molar-refractivity contribution in [2.45, 2.75) is 37.5 Å². The molecule has 2 aromatic carbocycles. The molecule has 2 aromatic rings. The molecule has 2 aliphatic heterocycles. The van der Waals surface area contributed by atoms with Crippen molar-refractivity contribution in [1.29, 1.82) is 0 Å². The zero-order valence-corrected chi connectivity index (χ0v) is 19.3. The van der Waals surface area contributed by atoms with Gasteiger partial charge in [0.25, 0.3) is 10.0 Å². The highest BCUT2D eigenvalue weighted by atomic mass is 32.2. The Morgan fingerprint density at radius 3 is 2.66 bits per heavy atom. The van der Waals surface area contributed by atoms with Gasteiger partial charge >= 0.3 is 5.97 Å². The summed E-state index contributed by atoms with van der Waals surface area (Å²) >= 11 is 0. The molecule has 0 spiro atoms. The SMILES string of the molecule is CCc1ccc2c(c1)CCN2S(=O)(=O)c1ccc(OCC2CCOCC2)c(C(=O)OC)c1. The first-order chi connectivity index (χ1) is 15.4. The van der Waals surface area contributed by atoms with Crippen LogP contribution in [-0.2, 0) is 32.3 Å². The normalized spacial score (nSPS) is 16.6. The lowest BCUT2D eigenvalue weighted by molar-refractivity contribution is 0.0483. The Bertz CT molecular complexity index is 1090. The summed E-state index contributed by atoms with van der Waals surface area (Å²) in [6.07, 6.45) is 3.36. The van der Waals surface area contributed by atoms with E-state index in [9.17, 15) is 13.2 Å². The van der Waals surface area contributed by atoms with Gasteiger partial charge in [0.1, 0.15) is 11.3 Å².